The van der Waals surface area contributed by atoms with Crippen LogP contribution >= 0.6 is 22.7 Å². The molecule has 27 heavy (non-hydrogen) atoms. The van der Waals surface area contributed by atoms with Gasteiger partial charge in [-0.15, -0.1) is 22.7 Å². The highest BCUT2D eigenvalue weighted by molar-refractivity contribution is 7.17. The smallest absolute Gasteiger partial charge is 0.261 e. The zero-order valence-corrected chi connectivity index (χ0v) is 16.8. The van der Waals surface area contributed by atoms with Crippen molar-refractivity contribution in [3.63, 3.8) is 0 Å². The summed E-state index contributed by atoms with van der Waals surface area (Å²) in [6, 6.07) is 9.68. The van der Waals surface area contributed by atoms with Gasteiger partial charge in [0.05, 0.1) is 22.1 Å². The number of hydrogen-bond donors (Lipinski definition) is 1. The van der Waals surface area contributed by atoms with Crippen LogP contribution in [0.3, 0.4) is 0 Å². The molecule has 2 aromatic heterocycles. The molecular weight excluding hydrogens is 380 g/mol. The predicted molar refractivity (Wildman–Crippen MR) is 108 cm³/mol. The summed E-state index contributed by atoms with van der Waals surface area (Å²) in [6.07, 6.45) is 0. The van der Waals surface area contributed by atoms with Gasteiger partial charge in [-0.2, -0.15) is 0 Å². The van der Waals surface area contributed by atoms with Crippen LogP contribution in [0.15, 0.2) is 35.7 Å². The Balaban J connectivity index is 1.43. The Labute approximate surface area is 166 Å². The van der Waals surface area contributed by atoms with Gasteiger partial charge in [0, 0.05) is 16.2 Å². The van der Waals surface area contributed by atoms with Gasteiger partial charge in [-0.05, 0) is 35.9 Å². The first-order valence-electron chi connectivity index (χ1n) is 8.82. The molecule has 0 atom stereocenters. The highest BCUT2D eigenvalue weighted by Crippen LogP contribution is 2.36. The van der Waals surface area contributed by atoms with E-state index in [1.54, 1.807) is 11.3 Å². The van der Waals surface area contributed by atoms with Gasteiger partial charge >= 0.3 is 0 Å². The zero-order valence-electron chi connectivity index (χ0n) is 15.2. The fourth-order valence-corrected chi connectivity index (χ4v) is 4.49. The topological polar surface area (TPSA) is 60.5 Å². The number of thiophene rings is 1. The van der Waals surface area contributed by atoms with Gasteiger partial charge in [0.2, 0.25) is 0 Å². The molecule has 0 saturated carbocycles. The van der Waals surface area contributed by atoms with Crippen LogP contribution in [0.25, 0.3) is 10.4 Å². The second-order valence-electron chi connectivity index (χ2n) is 6.54. The van der Waals surface area contributed by atoms with Crippen molar-refractivity contribution < 1.29 is 14.3 Å². The second kappa shape index (κ2) is 7.70. The summed E-state index contributed by atoms with van der Waals surface area (Å²) in [7, 11) is 0. The van der Waals surface area contributed by atoms with Gasteiger partial charge in [-0.25, -0.2) is 4.98 Å². The third kappa shape index (κ3) is 3.99. The number of rotatable bonds is 5. The predicted octanol–water partition coefficient (Wildman–Crippen LogP) is 4.70. The number of nitrogens with one attached hydrogen (secondary N) is 1. The Morgan fingerprint density at radius 2 is 2.00 bits per heavy atom. The fourth-order valence-electron chi connectivity index (χ4n) is 2.74. The van der Waals surface area contributed by atoms with E-state index in [1.165, 1.54) is 11.3 Å². The number of ether oxygens (including phenoxy) is 2. The lowest BCUT2D eigenvalue weighted by Gasteiger charge is -2.18. The Kier molecular flexibility index (Phi) is 5.13. The van der Waals surface area contributed by atoms with Crippen molar-refractivity contribution in [1.29, 1.82) is 0 Å². The standard InChI is InChI=1S/C20H20N2O3S2/c1-12(2)20-22-14(11-26-20)10-21-19(23)18-6-5-17(27-18)13-3-4-15-16(9-13)25-8-7-24-15/h3-6,9,11-12H,7-8,10H2,1-2H3,(H,21,23). The highest BCUT2D eigenvalue weighted by atomic mass is 32.1. The van der Waals surface area contributed by atoms with Gasteiger partial charge < -0.3 is 14.8 Å². The molecule has 0 radical (unpaired) electrons. The number of carbonyl (C=O) groups excluding carboxylic acids is 1. The lowest BCUT2D eigenvalue weighted by atomic mass is 10.1. The number of benzene rings is 1. The summed E-state index contributed by atoms with van der Waals surface area (Å²) in [5, 5.41) is 6.05. The third-order valence-corrected chi connectivity index (χ3v) is 6.48. The van der Waals surface area contributed by atoms with Crippen LogP contribution < -0.4 is 14.8 Å². The van der Waals surface area contributed by atoms with Crippen LogP contribution in [-0.4, -0.2) is 24.1 Å². The Morgan fingerprint density at radius 1 is 1.19 bits per heavy atom. The van der Waals surface area contributed by atoms with E-state index in [9.17, 15) is 4.79 Å². The van der Waals surface area contributed by atoms with E-state index in [1.807, 2.05) is 35.7 Å². The summed E-state index contributed by atoms with van der Waals surface area (Å²) < 4.78 is 11.2. The fraction of sp³-hybridized carbons (Fsp3) is 0.300. The van der Waals surface area contributed by atoms with Crippen LogP contribution in [0, 0.1) is 0 Å². The van der Waals surface area contributed by atoms with E-state index in [2.05, 4.69) is 24.1 Å². The molecule has 4 rings (SSSR count). The molecule has 1 aliphatic heterocycles. The van der Waals surface area contributed by atoms with Crippen LogP contribution in [0.1, 0.15) is 40.1 Å². The van der Waals surface area contributed by atoms with Gasteiger partial charge in [-0.1, -0.05) is 13.8 Å². The Bertz CT molecular complexity index is 962. The largest absolute Gasteiger partial charge is 0.486 e. The molecule has 0 spiro atoms. The Hall–Kier alpha value is -2.38. The minimum Gasteiger partial charge on any atom is -0.486 e. The Morgan fingerprint density at radius 3 is 2.78 bits per heavy atom. The van der Waals surface area contributed by atoms with Crippen molar-refractivity contribution in [2.45, 2.75) is 26.3 Å². The SMILES string of the molecule is CC(C)c1nc(CNC(=O)c2ccc(-c3ccc4c(c3)OCCO4)s2)cs1. The van der Waals surface area contributed by atoms with Crippen molar-refractivity contribution in [2.24, 2.45) is 0 Å². The molecule has 1 N–H and O–H groups in total. The maximum Gasteiger partial charge on any atom is 0.261 e. The molecule has 1 aliphatic rings. The maximum absolute atomic E-state index is 12.5. The van der Waals surface area contributed by atoms with Crippen molar-refractivity contribution in [2.75, 3.05) is 13.2 Å². The van der Waals surface area contributed by atoms with Crippen LogP contribution in [-0.2, 0) is 6.54 Å². The molecule has 3 aromatic rings. The maximum atomic E-state index is 12.5. The molecule has 3 heterocycles. The molecule has 0 aliphatic carbocycles. The summed E-state index contributed by atoms with van der Waals surface area (Å²) in [5.41, 5.74) is 1.92. The van der Waals surface area contributed by atoms with E-state index in [-0.39, 0.29) is 5.91 Å². The number of carbonyl (C=O) groups is 1. The zero-order chi connectivity index (χ0) is 18.8. The number of amides is 1. The minimum absolute atomic E-state index is 0.0807. The number of nitrogens with zero attached hydrogens (tertiary/aromatic N) is 1. The van der Waals surface area contributed by atoms with Crippen LogP contribution in [0.2, 0.25) is 0 Å². The minimum atomic E-state index is -0.0807. The van der Waals surface area contributed by atoms with Crippen LogP contribution in [0.5, 0.6) is 11.5 Å². The number of fused-ring (bicyclic) bond motifs is 1. The second-order valence-corrected chi connectivity index (χ2v) is 8.51. The van der Waals surface area contributed by atoms with E-state index >= 15 is 0 Å². The van der Waals surface area contributed by atoms with E-state index in [4.69, 9.17) is 9.47 Å². The van der Waals surface area contributed by atoms with Crippen LogP contribution in [0.4, 0.5) is 0 Å². The average Bonchev–Trinajstić information content (AvgIpc) is 3.35. The van der Waals surface area contributed by atoms with E-state index in [0.29, 0.717) is 30.6 Å². The first kappa shape index (κ1) is 18.0. The lowest BCUT2D eigenvalue weighted by Crippen LogP contribution is -2.21. The molecule has 140 valence electrons. The molecular formula is C20H20N2O3S2. The summed E-state index contributed by atoms with van der Waals surface area (Å²) in [4.78, 5) is 18.7. The van der Waals surface area contributed by atoms with Gasteiger partial charge in [-0.3, -0.25) is 4.79 Å². The van der Waals surface area contributed by atoms with Gasteiger partial charge in [0.15, 0.2) is 11.5 Å². The molecule has 0 fully saturated rings. The third-order valence-electron chi connectivity index (χ3n) is 4.15. The van der Waals surface area contributed by atoms with E-state index < -0.39 is 0 Å². The summed E-state index contributed by atoms with van der Waals surface area (Å²) in [6.45, 7) is 5.81. The molecule has 1 aromatic carbocycles. The number of aromatic nitrogens is 1. The number of thiazole rings is 1. The molecule has 0 saturated heterocycles. The average molecular weight is 401 g/mol. The molecule has 0 bridgehead atoms. The quantitative estimate of drug-likeness (QED) is 0.675. The van der Waals surface area contributed by atoms with Gasteiger partial charge in [0.1, 0.15) is 13.2 Å². The van der Waals surface area contributed by atoms with Crippen molar-refractivity contribution >= 4 is 28.6 Å². The van der Waals surface area contributed by atoms with E-state index in [0.717, 1.165) is 32.6 Å². The van der Waals surface area contributed by atoms with Crippen molar-refractivity contribution in [1.82, 2.24) is 10.3 Å². The lowest BCUT2D eigenvalue weighted by molar-refractivity contribution is 0.0954. The van der Waals surface area contributed by atoms with Crippen molar-refractivity contribution in [3.8, 4) is 21.9 Å². The first-order valence-corrected chi connectivity index (χ1v) is 10.5. The first-order chi connectivity index (χ1) is 13.1. The number of hydrogen-bond acceptors (Lipinski definition) is 6. The molecule has 0 unspecified atom stereocenters. The molecule has 5 nitrogen and oxygen atoms in total. The molecule has 1 amide bonds. The van der Waals surface area contributed by atoms with Gasteiger partial charge in [0.25, 0.3) is 5.91 Å². The normalized spacial score (nSPS) is 13.0. The highest BCUT2D eigenvalue weighted by Gasteiger charge is 2.15. The summed E-state index contributed by atoms with van der Waals surface area (Å²) >= 11 is 3.10. The summed E-state index contributed by atoms with van der Waals surface area (Å²) in [5.74, 6) is 1.85. The molecule has 7 heteroatoms. The van der Waals surface area contributed by atoms with Crippen molar-refractivity contribution in [3.05, 3.63) is 51.3 Å². The monoisotopic (exact) mass is 400 g/mol.